The minimum atomic E-state index is 0.318. The van der Waals surface area contributed by atoms with E-state index in [2.05, 4.69) is 31.3 Å². The maximum atomic E-state index is 5.83. The maximum Gasteiger partial charge on any atom is 0.124 e. The number of hydrogen-bond donors (Lipinski definition) is 1. The van der Waals surface area contributed by atoms with E-state index in [1.54, 1.807) is 0 Å². The van der Waals surface area contributed by atoms with Crippen LogP contribution in [-0.4, -0.2) is 26.4 Å². The molecule has 0 aliphatic rings. The molecule has 0 aromatic heterocycles. The lowest BCUT2D eigenvalue weighted by atomic mass is 10.1. The normalized spacial score (nSPS) is 12.4. The highest BCUT2D eigenvalue weighted by molar-refractivity contribution is 5.35. The summed E-state index contributed by atoms with van der Waals surface area (Å²) in [6.45, 7) is 9.48. The van der Waals surface area contributed by atoms with Crippen molar-refractivity contribution >= 4 is 0 Å². The first-order valence-electron chi connectivity index (χ1n) is 6.82. The number of benzene rings is 1. The van der Waals surface area contributed by atoms with Gasteiger partial charge in [-0.05, 0) is 26.5 Å². The van der Waals surface area contributed by atoms with Crippen molar-refractivity contribution in [1.82, 2.24) is 5.32 Å². The van der Waals surface area contributed by atoms with E-state index in [1.165, 1.54) is 5.56 Å². The van der Waals surface area contributed by atoms with Gasteiger partial charge in [-0.1, -0.05) is 25.1 Å². The highest BCUT2D eigenvalue weighted by atomic mass is 16.5. The smallest absolute Gasteiger partial charge is 0.124 e. The third-order valence-corrected chi connectivity index (χ3v) is 2.79. The van der Waals surface area contributed by atoms with Crippen molar-refractivity contribution in [3.63, 3.8) is 0 Å². The largest absolute Gasteiger partial charge is 0.493 e. The Labute approximate surface area is 110 Å². The first-order valence-corrected chi connectivity index (χ1v) is 6.82. The average molecular weight is 251 g/mol. The zero-order valence-corrected chi connectivity index (χ0v) is 11.7. The van der Waals surface area contributed by atoms with Crippen LogP contribution in [0.5, 0.6) is 5.75 Å². The summed E-state index contributed by atoms with van der Waals surface area (Å²) < 4.78 is 11.1. The molecule has 1 rings (SSSR count). The van der Waals surface area contributed by atoms with Crippen LogP contribution in [0.15, 0.2) is 24.3 Å². The minimum absolute atomic E-state index is 0.318. The zero-order chi connectivity index (χ0) is 13.2. The van der Waals surface area contributed by atoms with Gasteiger partial charge >= 0.3 is 0 Å². The van der Waals surface area contributed by atoms with E-state index in [0.717, 1.165) is 31.9 Å². The molecule has 0 amide bonds. The topological polar surface area (TPSA) is 30.5 Å². The third-order valence-electron chi connectivity index (χ3n) is 2.79. The summed E-state index contributed by atoms with van der Waals surface area (Å²) in [4.78, 5) is 0. The molecule has 0 saturated heterocycles. The van der Waals surface area contributed by atoms with Crippen LogP contribution in [0.4, 0.5) is 0 Å². The fourth-order valence-corrected chi connectivity index (χ4v) is 1.87. The summed E-state index contributed by atoms with van der Waals surface area (Å²) in [7, 11) is 0. The number of para-hydroxylation sites is 1. The first-order chi connectivity index (χ1) is 8.79. The van der Waals surface area contributed by atoms with E-state index in [1.807, 2.05) is 19.1 Å². The number of rotatable bonds is 9. The minimum Gasteiger partial charge on any atom is -0.493 e. The summed E-state index contributed by atoms with van der Waals surface area (Å²) in [6, 6.07) is 8.53. The van der Waals surface area contributed by atoms with Gasteiger partial charge in [0, 0.05) is 31.2 Å². The molecule has 1 N–H and O–H groups in total. The quantitative estimate of drug-likeness (QED) is 0.684. The van der Waals surface area contributed by atoms with Crippen molar-refractivity contribution in [2.24, 2.45) is 0 Å². The molecule has 1 aromatic carbocycles. The second-order valence-corrected chi connectivity index (χ2v) is 4.22. The van der Waals surface area contributed by atoms with Gasteiger partial charge in [-0.2, -0.15) is 0 Å². The van der Waals surface area contributed by atoms with E-state index in [9.17, 15) is 0 Å². The molecule has 0 bridgehead atoms. The fraction of sp³-hybridized carbons (Fsp3) is 0.600. The van der Waals surface area contributed by atoms with Crippen molar-refractivity contribution in [2.75, 3.05) is 26.4 Å². The van der Waals surface area contributed by atoms with Crippen LogP contribution in [0.1, 0.15) is 38.8 Å². The lowest BCUT2D eigenvalue weighted by Gasteiger charge is -2.17. The molecule has 0 aliphatic carbocycles. The summed E-state index contributed by atoms with van der Waals surface area (Å²) in [5.74, 6) is 0.974. The Morgan fingerprint density at radius 3 is 2.67 bits per heavy atom. The van der Waals surface area contributed by atoms with Crippen molar-refractivity contribution in [2.45, 2.75) is 33.2 Å². The van der Waals surface area contributed by atoms with Gasteiger partial charge in [0.2, 0.25) is 0 Å². The van der Waals surface area contributed by atoms with Gasteiger partial charge in [-0.25, -0.2) is 0 Å². The Kier molecular flexibility index (Phi) is 7.46. The third kappa shape index (κ3) is 5.07. The van der Waals surface area contributed by atoms with Crippen LogP contribution in [0.2, 0.25) is 0 Å². The molecular formula is C15H25NO2. The maximum absolute atomic E-state index is 5.83. The summed E-state index contributed by atoms with van der Waals surface area (Å²) in [6.07, 6.45) is 0.928. The molecule has 3 heteroatoms. The molecule has 3 nitrogen and oxygen atoms in total. The predicted octanol–water partition coefficient (Wildman–Crippen LogP) is 3.16. The molecule has 0 radical (unpaired) electrons. The van der Waals surface area contributed by atoms with Gasteiger partial charge in [0.15, 0.2) is 0 Å². The van der Waals surface area contributed by atoms with Gasteiger partial charge in [-0.15, -0.1) is 0 Å². The van der Waals surface area contributed by atoms with Crippen molar-refractivity contribution < 1.29 is 9.47 Å². The zero-order valence-electron chi connectivity index (χ0n) is 11.7. The van der Waals surface area contributed by atoms with Crippen LogP contribution < -0.4 is 10.1 Å². The molecule has 0 fully saturated rings. The SMILES string of the molecule is CCNC(C)c1ccccc1OCCCOCC. The standard InChI is InChI=1S/C15H25NO2/c1-4-16-13(3)14-9-6-7-10-15(14)18-12-8-11-17-5-2/h6-7,9-10,13,16H,4-5,8,11-12H2,1-3H3. The van der Waals surface area contributed by atoms with Gasteiger partial charge in [0.1, 0.15) is 5.75 Å². The Hall–Kier alpha value is -1.06. The highest BCUT2D eigenvalue weighted by Crippen LogP contribution is 2.24. The van der Waals surface area contributed by atoms with E-state index < -0.39 is 0 Å². The van der Waals surface area contributed by atoms with Gasteiger partial charge in [0.25, 0.3) is 0 Å². The lowest BCUT2D eigenvalue weighted by Crippen LogP contribution is -2.18. The molecule has 0 aliphatic heterocycles. The Balaban J connectivity index is 2.48. The average Bonchev–Trinajstić information content (AvgIpc) is 2.39. The second kappa shape index (κ2) is 8.95. The summed E-state index contributed by atoms with van der Waals surface area (Å²) in [5, 5.41) is 3.41. The molecule has 1 unspecified atom stereocenters. The molecule has 0 saturated carbocycles. The van der Waals surface area contributed by atoms with E-state index in [-0.39, 0.29) is 0 Å². The number of hydrogen-bond acceptors (Lipinski definition) is 3. The van der Waals surface area contributed by atoms with Crippen LogP contribution in [0, 0.1) is 0 Å². The Morgan fingerprint density at radius 2 is 1.94 bits per heavy atom. The Morgan fingerprint density at radius 1 is 1.17 bits per heavy atom. The number of ether oxygens (including phenoxy) is 2. The monoisotopic (exact) mass is 251 g/mol. The van der Waals surface area contributed by atoms with Crippen LogP contribution in [0.3, 0.4) is 0 Å². The predicted molar refractivity (Wildman–Crippen MR) is 75.1 cm³/mol. The van der Waals surface area contributed by atoms with E-state index >= 15 is 0 Å². The van der Waals surface area contributed by atoms with Crippen LogP contribution in [-0.2, 0) is 4.74 Å². The molecule has 18 heavy (non-hydrogen) atoms. The molecule has 1 aromatic rings. The van der Waals surface area contributed by atoms with Crippen molar-refractivity contribution in [3.05, 3.63) is 29.8 Å². The molecule has 102 valence electrons. The van der Waals surface area contributed by atoms with Crippen molar-refractivity contribution in [1.29, 1.82) is 0 Å². The lowest BCUT2D eigenvalue weighted by molar-refractivity contribution is 0.130. The molecule has 0 heterocycles. The van der Waals surface area contributed by atoms with E-state index in [4.69, 9.17) is 9.47 Å². The molecule has 0 spiro atoms. The summed E-state index contributed by atoms with van der Waals surface area (Å²) in [5.41, 5.74) is 1.22. The first kappa shape index (κ1) is 15.0. The fourth-order valence-electron chi connectivity index (χ4n) is 1.87. The Bertz CT molecular complexity index is 328. The second-order valence-electron chi connectivity index (χ2n) is 4.22. The van der Waals surface area contributed by atoms with E-state index in [0.29, 0.717) is 12.6 Å². The number of nitrogens with one attached hydrogen (secondary N) is 1. The van der Waals surface area contributed by atoms with Crippen molar-refractivity contribution in [3.8, 4) is 5.75 Å². The van der Waals surface area contributed by atoms with Crippen LogP contribution >= 0.6 is 0 Å². The van der Waals surface area contributed by atoms with Gasteiger partial charge in [-0.3, -0.25) is 0 Å². The molecular weight excluding hydrogens is 226 g/mol. The highest BCUT2D eigenvalue weighted by Gasteiger charge is 2.09. The van der Waals surface area contributed by atoms with Gasteiger partial charge < -0.3 is 14.8 Å². The molecule has 1 atom stereocenters. The van der Waals surface area contributed by atoms with Crippen LogP contribution in [0.25, 0.3) is 0 Å². The van der Waals surface area contributed by atoms with Gasteiger partial charge in [0.05, 0.1) is 6.61 Å². The summed E-state index contributed by atoms with van der Waals surface area (Å²) >= 11 is 0.